The van der Waals surface area contributed by atoms with Crippen molar-refractivity contribution < 1.29 is 8.83 Å². The lowest BCUT2D eigenvalue weighted by Crippen LogP contribution is -1.86. The van der Waals surface area contributed by atoms with Gasteiger partial charge >= 0.3 is 0 Å². The molecule has 0 fully saturated rings. The number of para-hydroxylation sites is 4. The van der Waals surface area contributed by atoms with Gasteiger partial charge in [-0.05, 0) is 87.8 Å². The maximum Gasteiger partial charge on any atom is 0.143 e. The molecule has 0 radical (unpaired) electrons. The van der Waals surface area contributed by atoms with Gasteiger partial charge in [-0.3, -0.25) is 0 Å². The van der Waals surface area contributed by atoms with Crippen LogP contribution in [0.4, 0.5) is 0 Å². The van der Waals surface area contributed by atoms with Gasteiger partial charge in [-0.2, -0.15) is 5.26 Å². The van der Waals surface area contributed by atoms with Gasteiger partial charge in [0.15, 0.2) is 0 Å². The zero-order chi connectivity index (χ0) is 39.7. The number of fused-ring (bicyclic) bond motifs is 6. The summed E-state index contributed by atoms with van der Waals surface area (Å²) in [5.41, 5.74) is 16.7. The molecule has 0 N–H and O–H groups in total. The van der Waals surface area contributed by atoms with Crippen LogP contribution in [-0.4, -0.2) is 0 Å². The van der Waals surface area contributed by atoms with Crippen LogP contribution in [0.15, 0.2) is 215 Å². The molecule has 0 bridgehead atoms. The predicted octanol–water partition coefficient (Wildman–Crippen LogP) is 15.7. The number of nitrogens with zero attached hydrogens (tertiary/aromatic N) is 1. The summed E-state index contributed by atoms with van der Waals surface area (Å²) in [6.45, 7) is 2.10. The Balaban J connectivity index is 0.000000176. The van der Waals surface area contributed by atoms with Crippen LogP contribution in [0.1, 0.15) is 11.1 Å². The minimum atomic E-state index is 0.654. The third-order valence-electron chi connectivity index (χ3n) is 11.1. The summed E-state index contributed by atoms with van der Waals surface area (Å²) in [5.74, 6) is 0. The highest BCUT2D eigenvalue weighted by Crippen LogP contribution is 2.38. The number of aryl methyl sites for hydroxylation is 1. The largest absolute Gasteiger partial charge is 0.455 e. The van der Waals surface area contributed by atoms with Gasteiger partial charge in [0, 0.05) is 32.7 Å². The molecule has 0 amide bonds. The molecule has 59 heavy (non-hydrogen) atoms. The van der Waals surface area contributed by atoms with Crippen LogP contribution in [-0.2, 0) is 0 Å². The van der Waals surface area contributed by atoms with E-state index >= 15 is 0 Å². The van der Waals surface area contributed by atoms with Crippen LogP contribution in [0, 0.1) is 18.3 Å². The quantitative estimate of drug-likeness (QED) is 0.176. The third kappa shape index (κ3) is 6.84. The van der Waals surface area contributed by atoms with Gasteiger partial charge in [-0.25, -0.2) is 0 Å². The van der Waals surface area contributed by atoms with Crippen LogP contribution in [0.25, 0.3) is 99.5 Å². The summed E-state index contributed by atoms with van der Waals surface area (Å²) >= 11 is 0. The topological polar surface area (TPSA) is 50.1 Å². The Kier molecular flexibility index (Phi) is 9.14. The van der Waals surface area contributed by atoms with Crippen molar-refractivity contribution in [1.29, 1.82) is 5.26 Å². The fourth-order valence-electron chi connectivity index (χ4n) is 8.06. The zero-order valence-electron chi connectivity index (χ0n) is 32.4. The lowest BCUT2D eigenvalue weighted by molar-refractivity contribution is 0.669. The smallest absolute Gasteiger partial charge is 0.143 e. The number of benzene rings is 9. The lowest BCUT2D eigenvalue weighted by atomic mass is 9.94. The first-order valence-electron chi connectivity index (χ1n) is 19.8. The van der Waals surface area contributed by atoms with Crippen molar-refractivity contribution >= 4 is 43.9 Å². The monoisotopic (exact) mass is 755 g/mol. The Morgan fingerprint density at radius 1 is 0.339 bits per heavy atom. The number of rotatable bonds is 5. The Morgan fingerprint density at radius 2 is 0.746 bits per heavy atom. The Bertz CT molecular complexity index is 3330. The molecular formula is C56H37NO2. The van der Waals surface area contributed by atoms with Crippen LogP contribution in [0.5, 0.6) is 0 Å². The highest BCUT2D eigenvalue weighted by atomic mass is 16.3. The van der Waals surface area contributed by atoms with Gasteiger partial charge in [0.1, 0.15) is 22.3 Å². The fraction of sp³-hybridized carbons (Fsp3) is 0.0179. The predicted molar refractivity (Wildman–Crippen MR) is 244 cm³/mol. The van der Waals surface area contributed by atoms with Crippen molar-refractivity contribution in [3.63, 3.8) is 0 Å². The molecule has 0 aliphatic carbocycles. The van der Waals surface area contributed by atoms with Crippen LogP contribution in [0.2, 0.25) is 0 Å². The summed E-state index contributed by atoms with van der Waals surface area (Å²) in [6.07, 6.45) is 0. The summed E-state index contributed by atoms with van der Waals surface area (Å²) in [6, 6.07) is 73.4. The first kappa shape index (κ1) is 35.5. The summed E-state index contributed by atoms with van der Waals surface area (Å²) in [7, 11) is 0. The molecule has 0 saturated carbocycles. The number of hydrogen-bond donors (Lipinski definition) is 0. The van der Waals surface area contributed by atoms with Gasteiger partial charge in [0.05, 0.1) is 11.6 Å². The van der Waals surface area contributed by atoms with E-state index in [2.05, 4.69) is 159 Å². The van der Waals surface area contributed by atoms with Crippen LogP contribution < -0.4 is 0 Å². The van der Waals surface area contributed by atoms with E-state index in [0.717, 1.165) is 83.2 Å². The van der Waals surface area contributed by atoms with Crippen molar-refractivity contribution in [2.45, 2.75) is 6.92 Å². The molecule has 0 unspecified atom stereocenters. The van der Waals surface area contributed by atoms with Gasteiger partial charge < -0.3 is 8.83 Å². The third-order valence-corrected chi connectivity index (χ3v) is 11.1. The molecule has 2 aromatic heterocycles. The van der Waals surface area contributed by atoms with Gasteiger partial charge in [0.25, 0.3) is 0 Å². The molecule has 11 rings (SSSR count). The fourth-order valence-corrected chi connectivity index (χ4v) is 8.06. The standard InChI is InChI=1S/C37H23NO.C19H14O/c38-24-25-20-31(26-8-2-1-3-9-26)23-32(21-25)30-11-6-10-29(22-30)27-16-18-28(19-17-27)33-13-7-14-35-34-12-4-5-15-36(34)39-37(33)35;1-13-9-11-14(12-10-13)15-6-4-7-17-16-5-2-3-8-18(16)20-19(15)17/h1-23H;2-12H,1H3. The Labute approximate surface area is 342 Å². The van der Waals surface area contributed by atoms with Crippen molar-refractivity contribution in [2.75, 3.05) is 0 Å². The van der Waals surface area contributed by atoms with Crippen LogP contribution >= 0.6 is 0 Å². The average Bonchev–Trinajstić information content (AvgIpc) is 3.89. The molecule has 0 aliphatic rings. The van der Waals surface area contributed by atoms with Gasteiger partial charge in [0.2, 0.25) is 0 Å². The van der Waals surface area contributed by atoms with Gasteiger partial charge in [-0.1, -0.05) is 175 Å². The number of furan rings is 2. The second kappa shape index (κ2) is 15.2. The molecule has 0 aliphatic heterocycles. The van der Waals surface area contributed by atoms with E-state index in [1.165, 1.54) is 21.9 Å². The summed E-state index contributed by atoms with van der Waals surface area (Å²) in [4.78, 5) is 0. The molecule has 11 aromatic rings. The Hall–Kier alpha value is -7.93. The van der Waals surface area contributed by atoms with E-state index < -0.39 is 0 Å². The van der Waals surface area contributed by atoms with E-state index in [1.807, 2.05) is 60.7 Å². The van der Waals surface area contributed by atoms with Gasteiger partial charge in [-0.15, -0.1) is 0 Å². The maximum absolute atomic E-state index is 9.68. The minimum absolute atomic E-state index is 0.654. The maximum atomic E-state index is 9.68. The first-order valence-corrected chi connectivity index (χ1v) is 19.8. The lowest BCUT2D eigenvalue weighted by Gasteiger charge is -2.10. The summed E-state index contributed by atoms with van der Waals surface area (Å²) < 4.78 is 12.3. The van der Waals surface area contributed by atoms with Crippen molar-refractivity contribution in [1.82, 2.24) is 0 Å². The molecule has 0 atom stereocenters. The Morgan fingerprint density at radius 3 is 1.32 bits per heavy atom. The average molecular weight is 756 g/mol. The summed E-state index contributed by atoms with van der Waals surface area (Å²) in [5, 5.41) is 14.3. The van der Waals surface area contributed by atoms with E-state index in [1.54, 1.807) is 0 Å². The van der Waals surface area contributed by atoms with Crippen molar-refractivity contribution in [3.05, 3.63) is 217 Å². The second-order valence-electron chi connectivity index (χ2n) is 14.9. The number of hydrogen-bond acceptors (Lipinski definition) is 3. The number of nitriles is 1. The first-order chi connectivity index (χ1) is 29.1. The minimum Gasteiger partial charge on any atom is -0.455 e. The molecule has 9 aromatic carbocycles. The van der Waals surface area contributed by atoms with Crippen molar-refractivity contribution in [3.8, 4) is 61.7 Å². The second-order valence-corrected chi connectivity index (χ2v) is 14.9. The highest BCUT2D eigenvalue weighted by molar-refractivity contribution is 6.10. The molecule has 278 valence electrons. The molecular weight excluding hydrogens is 719 g/mol. The molecule has 0 saturated heterocycles. The van der Waals surface area contributed by atoms with E-state index in [0.29, 0.717) is 5.56 Å². The molecule has 2 heterocycles. The van der Waals surface area contributed by atoms with E-state index in [4.69, 9.17) is 8.83 Å². The molecule has 3 heteroatoms. The molecule has 0 spiro atoms. The molecule has 3 nitrogen and oxygen atoms in total. The zero-order valence-corrected chi connectivity index (χ0v) is 32.4. The highest BCUT2D eigenvalue weighted by Gasteiger charge is 2.14. The normalized spacial score (nSPS) is 11.1. The SMILES string of the molecule is Cc1ccc(-c2cccc3c2oc2ccccc23)cc1.N#Cc1cc(-c2ccccc2)cc(-c2cccc(-c3ccc(-c4cccc5c4oc4ccccc45)cc3)c2)c1. The van der Waals surface area contributed by atoms with E-state index in [-0.39, 0.29) is 0 Å². The van der Waals surface area contributed by atoms with E-state index in [9.17, 15) is 5.26 Å². The van der Waals surface area contributed by atoms with Crippen molar-refractivity contribution in [2.24, 2.45) is 0 Å². The van der Waals surface area contributed by atoms with Crippen LogP contribution in [0.3, 0.4) is 0 Å².